The Bertz CT molecular complexity index is 729. The van der Waals surface area contributed by atoms with Gasteiger partial charge < -0.3 is 10.3 Å². The fourth-order valence-electron chi connectivity index (χ4n) is 2.34. The molecule has 5 heteroatoms. The van der Waals surface area contributed by atoms with Crippen LogP contribution in [0.1, 0.15) is 10.7 Å². The summed E-state index contributed by atoms with van der Waals surface area (Å²) in [5, 5.41) is 2.11. The molecule has 0 bridgehead atoms. The van der Waals surface area contributed by atoms with Gasteiger partial charge in [0.1, 0.15) is 5.82 Å². The number of fused-ring (bicyclic) bond motifs is 1. The molecule has 2 aromatic heterocycles. The number of para-hydroxylation sites is 2. The summed E-state index contributed by atoms with van der Waals surface area (Å²) < 4.78 is 2.23. The highest BCUT2D eigenvalue weighted by Gasteiger charge is 2.11. The Morgan fingerprint density at radius 3 is 2.85 bits per heavy atom. The van der Waals surface area contributed by atoms with Gasteiger partial charge in [0.05, 0.1) is 22.4 Å². The Labute approximate surface area is 127 Å². The summed E-state index contributed by atoms with van der Waals surface area (Å²) in [6, 6.07) is 12.4. The Balaban J connectivity index is 1.95. The fraction of sp³-hybridized carbons (Fsp3) is 0.200. The predicted molar refractivity (Wildman–Crippen MR) is 88.2 cm³/mol. The van der Waals surface area contributed by atoms with Gasteiger partial charge in [-0.2, -0.15) is 0 Å². The van der Waals surface area contributed by atoms with E-state index in [1.807, 2.05) is 18.2 Å². The first-order chi connectivity index (χ1) is 9.74. The third-order valence-corrected chi connectivity index (χ3v) is 4.31. The summed E-state index contributed by atoms with van der Waals surface area (Å²) in [6.45, 7) is 0.902. The molecule has 0 spiro atoms. The van der Waals surface area contributed by atoms with Crippen molar-refractivity contribution in [2.45, 2.75) is 19.4 Å². The zero-order valence-electron chi connectivity index (χ0n) is 11.0. The third-order valence-electron chi connectivity index (χ3n) is 3.23. The van der Waals surface area contributed by atoms with Crippen LogP contribution in [0, 0.1) is 0 Å². The molecule has 3 rings (SSSR count). The van der Waals surface area contributed by atoms with E-state index in [9.17, 15) is 0 Å². The Morgan fingerprint density at radius 2 is 2.10 bits per heavy atom. The highest BCUT2D eigenvalue weighted by atomic mass is 32.1. The third kappa shape index (κ3) is 2.73. The van der Waals surface area contributed by atoms with Crippen LogP contribution >= 0.6 is 23.6 Å². The van der Waals surface area contributed by atoms with E-state index in [2.05, 4.69) is 33.1 Å². The summed E-state index contributed by atoms with van der Waals surface area (Å²) in [7, 11) is 0. The SMILES string of the molecule is NC(=S)Cc1nc2ccccc2n1CCc1cccs1. The lowest BCUT2D eigenvalue weighted by atomic mass is 10.3. The average molecular weight is 301 g/mol. The molecule has 0 amide bonds. The topological polar surface area (TPSA) is 43.8 Å². The standard InChI is InChI=1S/C15H15N3S2/c16-14(19)10-15-17-12-5-1-2-6-13(12)18(15)8-7-11-4-3-9-20-11/h1-6,9H,7-8,10H2,(H2,16,19). The molecule has 0 saturated heterocycles. The number of nitrogens with two attached hydrogens (primary N) is 1. The van der Waals surface area contributed by atoms with Gasteiger partial charge in [-0.05, 0) is 30.0 Å². The van der Waals surface area contributed by atoms with Gasteiger partial charge in [0.25, 0.3) is 0 Å². The minimum atomic E-state index is 0.484. The zero-order valence-corrected chi connectivity index (χ0v) is 12.6. The van der Waals surface area contributed by atoms with E-state index >= 15 is 0 Å². The molecule has 0 aliphatic rings. The van der Waals surface area contributed by atoms with Gasteiger partial charge in [0.15, 0.2) is 0 Å². The zero-order chi connectivity index (χ0) is 13.9. The smallest absolute Gasteiger partial charge is 0.116 e. The summed E-state index contributed by atoms with van der Waals surface area (Å²) >= 11 is 6.82. The first kappa shape index (κ1) is 13.3. The lowest BCUT2D eigenvalue weighted by Crippen LogP contribution is -2.16. The van der Waals surface area contributed by atoms with Crippen molar-refractivity contribution >= 4 is 39.6 Å². The highest BCUT2D eigenvalue weighted by Crippen LogP contribution is 2.18. The normalized spacial score (nSPS) is 11.0. The van der Waals surface area contributed by atoms with Crippen molar-refractivity contribution in [1.29, 1.82) is 0 Å². The number of imidazole rings is 1. The number of hydrogen-bond donors (Lipinski definition) is 1. The number of aryl methyl sites for hydroxylation is 2. The molecule has 0 aliphatic carbocycles. The van der Waals surface area contributed by atoms with E-state index in [0.29, 0.717) is 11.4 Å². The number of benzene rings is 1. The number of nitrogens with zero attached hydrogens (tertiary/aromatic N) is 2. The molecule has 3 aromatic rings. The van der Waals surface area contributed by atoms with Crippen molar-refractivity contribution in [2.75, 3.05) is 0 Å². The van der Waals surface area contributed by atoms with Crippen molar-refractivity contribution in [3.05, 3.63) is 52.5 Å². The Morgan fingerprint density at radius 1 is 1.25 bits per heavy atom. The van der Waals surface area contributed by atoms with Crippen LogP contribution in [-0.4, -0.2) is 14.5 Å². The second-order valence-electron chi connectivity index (χ2n) is 4.64. The minimum absolute atomic E-state index is 0.484. The van der Waals surface area contributed by atoms with Crippen molar-refractivity contribution in [3.8, 4) is 0 Å². The molecule has 0 radical (unpaired) electrons. The molecular weight excluding hydrogens is 286 g/mol. The van der Waals surface area contributed by atoms with E-state index in [-0.39, 0.29) is 0 Å². The van der Waals surface area contributed by atoms with E-state index in [1.54, 1.807) is 11.3 Å². The molecule has 0 atom stereocenters. The van der Waals surface area contributed by atoms with Crippen LogP contribution in [0.5, 0.6) is 0 Å². The van der Waals surface area contributed by atoms with Gasteiger partial charge in [0, 0.05) is 11.4 Å². The molecule has 0 unspecified atom stereocenters. The van der Waals surface area contributed by atoms with Gasteiger partial charge in [-0.1, -0.05) is 30.4 Å². The maximum atomic E-state index is 5.69. The fourth-order valence-corrected chi connectivity index (χ4v) is 3.17. The molecule has 0 saturated carbocycles. The van der Waals surface area contributed by atoms with Gasteiger partial charge >= 0.3 is 0 Å². The first-order valence-electron chi connectivity index (χ1n) is 6.49. The number of thiophene rings is 1. The van der Waals surface area contributed by atoms with Crippen molar-refractivity contribution < 1.29 is 0 Å². The van der Waals surface area contributed by atoms with Crippen molar-refractivity contribution in [3.63, 3.8) is 0 Å². The molecular formula is C15H15N3S2. The maximum absolute atomic E-state index is 5.69. The molecule has 2 N–H and O–H groups in total. The number of rotatable bonds is 5. The van der Waals surface area contributed by atoms with Crippen LogP contribution in [0.25, 0.3) is 11.0 Å². The maximum Gasteiger partial charge on any atom is 0.116 e. The van der Waals surface area contributed by atoms with Gasteiger partial charge in [-0.15, -0.1) is 11.3 Å². The first-order valence-corrected chi connectivity index (χ1v) is 7.77. The Kier molecular flexibility index (Phi) is 3.80. The second kappa shape index (κ2) is 5.73. The average Bonchev–Trinajstić information content (AvgIpc) is 3.03. The molecule has 0 fully saturated rings. The molecule has 20 heavy (non-hydrogen) atoms. The van der Waals surface area contributed by atoms with Crippen LogP contribution in [0.4, 0.5) is 0 Å². The lowest BCUT2D eigenvalue weighted by Gasteiger charge is -2.08. The molecule has 0 aliphatic heterocycles. The summed E-state index contributed by atoms with van der Waals surface area (Å²) in [5.41, 5.74) is 7.84. The summed E-state index contributed by atoms with van der Waals surface area (Å²) in [6.07, 6.45) is 1.55. The largest absolute Gasteiger partial charge is 0.393 e. The van der Waals surface area contributed by atoms with Crippen molar-refractivity contribution in [2.24, 2.45) is 5.73 Å². The number of aromatic nitrogens is 2. The van der Waals surface area contributed by atoms with Crippen LogP contribution in [0.15, 0.2) is 41.8 Å². The summed E-state index contributed by atoms with van der Waals surface area (Å²) in [4.78, 5) is 6.51. The van der Waals surface area contributed by atoms with E-state index in [1.165, 1.54) is 4.88 Å². The van der Waals surface area contributed by atoms with Crippen molar-refractivity contribution in [1.82, 2.24) is 9.55 Å². The quantitative estimate of drug-likeness (QED) is 0.736. The van der Waals surface area contributed by atoms with Crippen LogP contribution in [-0.2, 0) is 19.4 Å². The lowest BCUT2D eigenvalue weighted by molar-refractivity contribution is 0.690. The number of hydrogen-bond acceptors (Lipinski definition) is 3. The van der Waals surface area contributed by atoms with Crippen LogP contribution in [0.3, 0.4) is 0 Å². The van der Waals surface area contributed by atoms with E-state index < -0.39 is 0 Å². The second-order valence-corrected chi connectivity index (χ2v) is 6.20. The van der Waals surface area contributed by atoms with Gasteiger partial charge in [0.2, 0.25) is 0 Å². The molecule has 2 heterocycles. The van der Waals surface area contributed by atoms with E-state index in [4.69, 9.17) is 18.0 Å². The highest BCUT2D eigenvalue weighted by molar-refractivity contribution is 7.80. The van der Waals surface area contributed by atoms with Crippen LogP contribution in [0.2, 0.25) is 0 Å². The Hall–Kier alpha value is -1.72. The molecule has 1 aromatic carbocycles. The van der Waals surface area contributed by atoms with Gasteiger partial charge in [-0.3, -0.25) is 0 Å². The minimum Gasteiger partial charge on any atom is -0.393 e. The van der Waals surface area contributed by atoms with Crippen LogP contribution < -0.4 is 5.73 Å². The monoisotopic (exact) mass is 301 g/mol. The molecule has 102 valence electrons. The predicted octanol–water partition coefficient (Wildman–Crippen LogP) is 3.17. The van der Waals surface area contributed by atoms with E-state index in [0.717, 1.165) is 29.8 Å². The molecule has 3 nitrogen and oxygen atoms in total. The summed E-state index contributed by atoms with van der Waals surface area (Å²) in [5.74, 6) is 0.954. The van der Waals surface area contributed by atoms with Gasteiger partial charge in [-0.25, -0.2) is 4.98 Å². The number of thiocarbonyl (C=S) groups is 1.